The number of hydrogen-bond acceptors (Lipinski definition) is 9. The lowest BCUT2D eigenvalue weighted by atomic mass is 10.1. The number of hydrogen-bond donors (Lipinski definition) is 2. The number of carbonyl (C=O) groups is 2. The fraction of sp³-hybridized carbons (Fsp3) is 0.684. The molecule has 1 aromatic rings. The monoisotopic (exact) mass is 494 g/mol. The van der Waals surface area contributed by atoms with E-state index < -0.39 is 68.2 Å². The molecule has 1 unspecified atom stereocenters. The number of esters is 1. The molecule has 1 saturated heterocycles. The van der Waals surface area contributed by atoms with E-state index in [1.54, 1.807) is 13.8 Å². The first-order valence-corrected chi connectivity index (χ1v) is 12.1. The van der Waals surface area contributed by atoms with Crippen LogP contribution in [0.5, 0.6) is 0 Å². The van der Waals surface area contributed by atoms with Crippen LogP contribution in [0.2, 0.25) is 0 Å². The average Bonchev–Trinajstić information content (AvgIpc) is 3.03. The van der Waals surface area contributed by atoms with Crippen LogP contribution in [-0.2, 0) is 32.7 Å². The molecule has 0 amide bonds. The summed E-state index contributed by atoms with van der Waals surface area (Å²) in [6.07, 6.45) is -6.43. The van der Waals surface area contributed by atoms with Crippen molar-refractivity contribution >= 4 is 19.5 Å². The molecular formula is C19H28FN2O10P. The SMILES string of the molecule is CCOP(=O)(CCC1O[C@H](n2cc(C)c(=O)[nH]c2=O)[C@H](F)[C@@H]1OC(=O)CCC(=O)O)OCC. The summed E-state index contributed by atoms with van der Waals surface area (Å²) in [4.78, 5) is 48.7. The molecule has 0 aromatic carbocycles. The van der Waals surface area contributed by atoms with Crippen molar-refractivity contribution in [3.63, 3.8) is 0 Å². The smallest absolute Gasteiger partial charge is 0.330 e. The van der Waals surface area contributed by atoms with Crippen LogP contribution in [0.1, 0.15) is 44.9 Å². The number of halogens is 1. The zero-order valence-electron chi connectivity index (χ0n) is 18.5. The van der Waals surface area contributed by atoms with Crippen LogP contribution in [0.3, 0.4) is 0 Å². The van der Waals surface area contributed by atoms with E-state index >= 15 is 4.39 Å². The molecule has 4 atom stereocenters. The highest BCUT2D eigenvalue weighted by atomic mass is 31.2. The third-order valence-corrected chi connectivity index (χ3v) is 6.95. The summed E-state index contributed by atoms with van der Waals surface area (Å²) in [6, 6.07) is 0. The Morgan fingerprint density at radius 3 is 2.45 bits per heavy atom. The number of aliphatic carboxylic acids is 1. The number of carboxylic acids is 1. The highest BCUT2D eigenvalue weighted by Gasteiger charge is 2.49. The lowest BCUT2D eigenvalue weighted by Gasteiger charge is -2.22. The summed E-state index contributed by atoms with van der Waals surface area (Å²) in [6.45, 7) is 4.89. The number of aromatic amines is 1. The Morgan fingerprint density at radius 2 is 1.88 bits per heavy atom. The maximum atomic E-state index is 15.4. The second-order valence-corrected chi connectivity index (χ2v) is 9.48. The minimum Gasteiger partial charge on any atom is -0.481 e. The fourth-order valence-corrected chi connectivity index (χ4v) is 5.02. The molecule has 0 aliphatic carbocycles. The predicted octanol–water partition coefficient (Wildman–Crippen LogP) is 1.51. The van der Waals surface area contributed by atoms with Gasteiger partial charge in [-0.1, -0.05) is 0 Å². The second-order valence-electron chi connectivity index (χ2n) is 7.30. The van der Waals surface area contributed by atoms with Gasteiger partial charge in [-0.15, -0.1) is 0 Å². The van der Waals surface area contributed by atoms with Gasteiger partial charge in [0.05, 0.1) is 32.2 Å². The van der Waals surface area contributed by atoms with Crippen molar-refractivity contribution in [1.82, 2.24) is 9.55 Å². The summed E-state index contributed by atoms with van der Waals surface area (Å²) in [5.74, 6) is -2.20. The van der Waals surface area contributed by atoms with Gasteiger partial charge in [-0.3, -0.25) is 28.5 Å². The first-order valence-electron chi connectivity index (χ1n) is 10.4. The van der Waals surface area contributed by atoms with Crippen LogP contribution in [0.15, 0.2) is 15.8 Å². The van der Waals surface area contributed by atoms with Gasteiger partial charge in [0.1, 0.15) is 6.10 Å². The number of H-pyrrole nitrogens is 1. The summed E-state index contributed by atoms with van der Waals surface area (Å²) in [5, 5.41) is 8.74. The molecule has 12 nitrogen and oxygen atoms in total. The number of alkyl halides is 1. The number of aryl methyl sites for hydroxylation is 1. The maximum Gasteiger partial charge on any atom is 0.330 e. The summed E-state index contributed by atoms with van der Waals surface area (Å²) in [5.41, 5.74) is -1.45. The molecule has 14 heteroatoms. The maximum absolute atomic E-state index is 15.4. The molecule has 0 saturated carbocycles. The van der Waals surface area contributed by atoms with Crippen LogP contribution in [0, 0.1) is 6.92 Å². The van der Waals surface area contributed by atoms with Crippen LogP contribution in [0.4, 0.5) is 4.39 Å². The topological polar surface area (TPSA) is 163 Å². The second kappa shape index (κ2) is 11.7. The van der Waals surface area contributed by atoms with Gasteiger partial charge in [0.25, 0.3) is 5.56 Å². The minimum absolute atomic E-state index is 0.108. The molecule has 33 heavy (non-hydrogen) atoms. The quantitative estimate of drug-likeness (QED) is 0.322. The van der Waals surface area contributed by atoms with Crippen molar-refractivity contribution in [2.45, 2.75) is 64.6 Å². The van der Waals surface area contributed by atoms with Crippen molar-refractivity contribution in [2.75, 3.05) is 19.4 Å². The Bertz CT molecular complexity index is 999. The lowest BCUT2D eigenvalue weighted by molar-refractivity contribution is -0.156. The largest absolute Gasteiger partial charge is 0.481 e. The number of carbonyl (C=O) groups excluding carboxylic acids is 1. The highest BCUT2D eigenvalue weighted by molar-refractivity contribution is 7.53. The summed E-state index contributed by atoms with van der Waals surface area (Å²) in [7, 11) is -3.53. The van der Waals surface area contributed by atoms with Gasteiger partial charge in [-0.05, 0) is 27.2 Å². The van der Waals surface area contributed by atoms with E-state index in [4.69, 9.17) is 23.6 Å². The Labute approximate surface area is 188 Å². The molecule has 0 spiro atoms. The molecule has 2 heterocycles. The Kier molecular flexibility index (Phi) is 9.53. The zero-order valence-corrected chi connectivity index (χ0v) is 19.4. The number of nitrogens with zero attached hydrogens (tertiary/aromatic N) is 1. The Morgan fingerprint density at radius 1 is 1.24 bits per heavy atom. The van der Waals surface area contributed by atoms with Gasteiger partial charge in [0.2, 0.25) is 0 Å². The minimum atomic E-state index is -3.53. The fourth-order valence-electron chi connectivity index (χ4n) is 3.33. The van der Waals surface area contributed by atoms with Crippen LogP contribution >= 0.6 is 7.60 Å². The van der Waals surface area contributed by atoms with E-state index in [1.807, 2.05) is 4.98 Å². The zero-order chi connectivity index (χ0) is 24.8. The number of nitrogens with one attached hydrogen (secondary N) is 1. The number of rotatable bonds is 12. The van der Waals surface area contributed by atoms with Crippen molar-refractivity contribution in [3.8, 4) is 0 Å². The molecule has 0 bridgehead atoms. The Hall–Kier alpha value is -2.34. The number of carboxylic acid groups (broad SMARTS) is 1. The van der Waals surface area contributed by atoms with E-state index in [0.29, 0.717) is 0 Å². The van der Waals surface area contributed by atoms with Gasteiger partial charge in [0.15, 0.2) is 18.5 Å². The first kappa shape index (κ1) is 26.9. The molecule has 2 N–H and O–H groups in total. The summed E-state index contributed by atoms with van der Waals surface area (Å²) < 4.78 is 50.2. The van der Waals surface area contributed by atoms with Crippen molar-refractivity contribution in [3.05, 3.63) is 32.6 Å². The molecule has 1 aliphatic heterocycles. The lowest BCUT2D eigenvalue weighted by Crippen LogP contribution is -2.38. The molecule has 1 aliphatic rings. The first-order chi connectivity index (χ1) is 15.5. The van der Waals surface area contributed by atoms with Crippen molar-refractivity contribution < 1.29 is 42.2 Å². The molecule has 1 aromatic heterocycles. The number of ether oxygens (including phenoxy) is 2. The van der Waals surface area contributed by atoms with E-state index in [1.165, 1.54) is 6.92 Å². The Balaban J connectivity index is 2.29. The van der Waals surface area contributed by atoms with E-state index in [9.17, 15) is 23.7 Å². The highest BCUT2D eigenvalue weighted by Crippen LogP contribution is 2.50. The van der Waals surface area contributed by atoms with E-state index in [0.717, 1.165) is 10.8 Å². The van der Waals surface area contributed by atoms with Crippen LogP contribution < -0.4 is 11.2 Å². The van der Waals surface area contributed by atoms with Gasteiger partial charge < -0.3 is 23.6 Å². The van der Waals surface area contributed by atoms with E-state index in [2.05, 4.69) is 0 Å². The molecular weight excluding hydrogens is 466 g/mol. The normalized spacial score (nSPS) is 22.9. The van der Waals surface area contributed by atoms with Crippen molar-refractivity contribution in [2.24, 2.45) is 0 Å². The van der Waals surface area contributed by atoms with Crippen LogP contribution in [0.25, 0.3) is 0 Å². The number of aromatic nitrogens is 2. The van der Waals surface area contributed by atoms with Crippen LogP contribution in [-0.4, -0.2) is 64.4 Å². The van der Waals surface area contributed by atoms with Crippen molar-refractivity contribution in [1.29, 1.82) is 0 Å². The molecule has 2 rings (SSSR count). The standard InChI is InChI=1S/C19H28FN2O10P/c1-4-29-33(28,30-5-2)9-8-12-16(32-14(25)7-6-13(23)24)15(20)18(31-12)22-10-11(3)17(26)21-19(22)27/h10,12,15-16,18H,4-9H2,1-3H3,(H,23,24)(H,21,26,27)/t12?,15-,16-,18+/m1/s1. The molecule has 0 radical (unpaired) electrons. The summed E-state index contributed by atoms with van der Waals surface area (Å²) >= 11 is 0. The van der Waals surface area contributed by atoms with E-state index in [-0.39, 0.29) is 31.4 Å². The molecule has 186 valence electrons. The molecule has 1 fully saturated rings. The van der Waals surface area contributed by atoms with Gasteiger partial charge in [-0.25, -0.2) is 9.18 Å². The average molecular weight is 494 g/mol. The third-order valence-electron chi connectivity index (χ3n) is 4.84. The predicted molar refractivity (Wildman–Crippen MR) is 112 cm³/mol. The van der Waals surface area contributed by atoms with Gasteiger partial charge in [0, 0.05) is 11.8 Å². The third kappa shape index (κ3) is 7.07. The van der Waals surface area contributed by atoms with Gasteiger partial charge >= 0.3 is 25.2 Å². The van der Waals surface area contributed by atoms with Gasteiger partial charge in [-0.2, -0.15) is 0 Å².